The summed E-state index contributed by atoms with van der Waals surface area (Å²) in [6.45, 7) is 14.4. The Morgan fingerprint density at radius 1 is 0.933 bits per heavy atom. The van der Waals surface area contributed by atoms with Crippen molar-refractivity contribution in [3.8, 4) is 0 Å². The summed E-state index contributed by atoms with van der Waals surface area (Å²) in [5, 5.41) is 3.05. The lowest BCUT2D eigenvalue weighted by atomic mass is 10.0. The van der Waals surface area contributed by atoms with Crippen LogP contribution in [0, 0.1) is 20.8 Å². The first-order valence-electron chi connectivity index (χ1n) is 10.7. The van der Waals surface area contributed by atoms with Crippen LogP contribution in [0.3, 0.4) is 0 Å². The molecular formula is C26H36N2O2. The molecule has 2 rings (SSSR count). The van der Waals surface area contributed by atoms with Crippen LogP contribution in [0.4, 0.5) is 0 Å². The molecule has 30 heavy (non-hydrogen) atoms. The standard InChI is InChI=1S/C26H36N2O2/c1-8-23(25(30)27-26(5,6)7)28(17-21-11-9-10-18(2)13-21)24(29)16-22-14-19(3)12-20(4)15-22/h9-15,23H,8,16-17H2,1-7H3,(H,27,30)/t23-/m0/s1. The zero-order chi connectivity index (χ0) is 22.5. The minimum Gasteiger partial charge on any atom is -0.350 e. The van der Waals surface area contributed by atoms with Crippen molar-refractivity contribution in [2.75, 3.05) is 0 Å². The largest absolute Gasteiger partial charge is 0.350 e. The zero-order valence-corrected chi connectivity index (χ0v) is 19.5. The van der Waals surface area contributed by atoms with Crippen molar-refractivity contribution in [3.63, 3.8) is 0 Å². The van der Waals surface area contributed by atoms with Crippen LogP contribution in [-0.4, -0.2) is 28.3 Å². The number of carbonyl (C=O) groups is 2. The van der Waals surface area contributed by atoms with Gasteiger partial charge < -0.3 is 10.2 Å². The van der Waals surface area contributed by atoms with Crippen LogP contribution in [0.5, 0.6) is 0 Å². The van der Waals surface area contributed by atoms with Gasteiger partial charge in [-0.1, -0.05) is 66.1 Å². The Bertz CT molecular complexity index is 876. The van der Waals surface area contributed by atoms with Crippen molar-refractivity contribution in [2.24, 2.45) is 0 Å². The first kappa shape index (κ1) is 23.7. The van der Waals surface area contributed by atoms with Crippen molar-refractivity contribution in [2.45, 2.75) is 79.4 Å². The van der Waals surface area contributed by atoms with Gasteiger partial charge in [-0.15, -0.1) is 0 Å². The van der Waals surface area contributed by atoms with Crippen LogP contribution in [0.15, 0.2) is 42.5 Å². The SMILES string of the molecule is CC[C@@H](C(=O)NC(C)(C)C)N(Cc1cccc(C)c1)C(=O)Cc1cc(C)cc(C)c1. The highest BCUT2D eigenvalue weighted by atomic mass is 16.2. The predicted octanol–water partition coefficient (Wildman–Crippen LogP) is 4.88. The molecule has 4 heteroatoms. The fourth-order valence-corrected chi connectivity index (χ4v) is 3.83. The van der Waals surface area contributed by atoms with Gasteiger partial charge in [0.05, 0.1) is 6.42 Å². The van der Waals surface area contributed by atoms with Gasteiger partial charge in [0.15, 0.2) is 0 Å². The number of rotatable bonds is 7. The Kier molecular flexibility index (Phi) is 7.83. The molecule has 0 fully saturated rings. The molecule has 0 unspecified atom stereocenters. The molecule has 0 aliphatic rings. The van der Waals surface area contributed by atoms with Gasteiger partial charge in [0.2, 0.25) is 11.8 Å². The van der Waals surface area contributed by atoms with Crippen LogP contribution in [0.25, 0.3) is 0 Å². The van der Waals surface area contributed by atoms with Crippen LogP contribution < -0.4 is 5.32 Å². The molecule has 4 nitrogen and oxygen atoms in total. The van der Waals surface area contributed by atoms with Crippen molar-refractivity contribution in [1.29, 1.82) is 0 Å². The van der Waals surface area contributed by atoms with E-state index in [0.717, 1.165) is 27.8 Å². The topological polar surface area (TPSA) is 49.4 Å². The lowest BCUT2D eigenvalue weighted by Gasteiger charge is -2.33. The van der Waals surface area contributed by atoms with E-state index in [2.05, 4.69) is 17.4 Å². The van der Waals surface area contributed by atoms with Gasteiger partial charge in [-0.2, -0.15) is 0 Å². The number of carbonyl (C=O) groups excluding carboxylic acids is 2. The van der Waals surface area contributed by atoms with Gasteiger partial charge in [-0.3, -0.25) is 9.59 Å². The van der Waals surface area contributed by atoms with E-state index in [1.807, 2.05) is 78.8 Å². The maximum Gasteiger partial charge on any atom is 0.243 e. The number of nitrogens with one attached hydrogen (secondary N) is 1. The number of hydrogen-bond donors (Lipinski definition) is 1. The molecule has 162 valence electrons. The summed E-state index contributed by atoms with van der Waals surface area (Å²) < 4.78 is 0. The van der Waals surface area contributed by atoms with E-state index in [1.165, 1.54) is 0 Å². The third-order valence-electron chi connectivity index (χ3n) is 4.96. The molecule has 0 aromatic heterocycles. The monoisotopic (exact) mass is 408 g/mol. The maximum absolute atomic E-state index is 13.4. The lowest BCUT2D eigenvalue weighted by molar-refractivity contribution is -0.141. The second-order valence-electron chi connectivity index (χ2n) is 9.35. The van der Waals surface area contributed by atoms with Crippen molar-refractivity contribution >= 4 is 11.8 Å². The Morgan fingerprint density at radius 2 is 1.53 bits per heavy atom. The van der Waals surface area contributed by atoms with Crippen LogP contribution in [-0.2, 0) is 22.6 Å². The summed E-state index contributed by atoms with van der Waals surface area (Å²) in [6, 6.07) is 13.8. The molecular weight excluding hydrogens is 372 g/mol. The van der Waals surface area contributed by atoms with E-state index in [9.17, 15) is 9.59 Å². The molecule has 0 aliphatic heterocycles. The van der Waals surface area contributed by atoms with Gasteiger partial charge in [0.25, 0.3) is 0 Å². The van der Waals surface area contributed by atoms with E-state index >= 15 is 0 Å². The fraction of sp³-hybridized carbons (Fsp3) is 0.462. The molecule has 2 aromatic carbocycles. The molecule has 0 saturated heterocycles. The second-order valence-corrected chi connectivity index (χ2v) is 9.35. The second kappa shape index (κ2) is 9.92. The number of aryl methyl sites for hydroxylation is 3. The van der Waals surface area contributed by atoms with Gasteiger partial charge in [0, 0.05) is 12.1 Å². The third kappa shape index (κ3) is 7.01. The minimum atomic E-state index is -0.511. The smallest absolute Gasteiger partial charge is 0.243 e. The summed E-state index contributed by atoms with van der Waals surface area (Å²) in [5.74, 6) is -0.135. The molecule has 1 N–H and O–H groups in total. The van der Waals surface area contributed by atoms with Gasteiger partial charge in [0.1, 0.15) is 6.04 Å². The molecule has 0 spiro atoms. The average Bonchev–Trinajstić information content (AvgIpc) is 2.59. The van der Waals surface area contributed by atoms with Crippen LogP contribution >= 0.6 is 0 Å². The van der Waals surface area contributed by atoms with E-state index < -0.39 is 6.04 Å². The summed E-state index contributed by atoms with van der Waals surface area (Å²) in [5.41, 5.74) is 5.09. The highest BCUT2D eigenvalue weighted by Crippen LogP contribution is 2.18. The predicted molar refractivity (Wildman–Crippen MR) is 123 cm³/mol. The number of amides is 2. The number of benzene rings is 2. The lowest BCUT2D eigenvalue weighted by Crippen LogP contribution is -2.53. The van der Waals surface area contributed by atoms with E-state index in [4.69, 9.17) is 0 Å². The Hall–Kier alpha value is -2.62. The van der Waals surface area contributed by atoms with Crippen molar-refractivity contribution in [1.82, 2.24) is 10.2 Å². The number of hydrogen-bond acceptors (Lipinski definition) is 2. The molecule has 0 radical (unpaired) electrons. The number of nitrogens with zero attached hydrogens (tertiary/aromatic N) is 1. The van der Waals surface area contributed by atoms with Crippen molar-refractivity contribution < 1.29 is 9.59 Å². The molecule has 2 aromatic rings. The Morgan fingerprint density at radius 3 is 2.07 bits per heavy atom. The van der Waals surface area contributed by atoms with E-state index in [-0.39, 0.29) is 23.8 Å². The van der Waals surface area contributed by atoms with Gasteiger partial charge >= 0.3 is 0 Å². The first-order valence-corrected chi connectivity index (χ1v) is 10.7. The van der Waals surface area contributed by atoms with Crippen LogP contribution in [0.2, 0.25) is 0 Å². The Balaban J connectivity index is 2.35. The molecule has 0 heterocycles. The molecule has 2 amide bonds. The normalized spacial score (nSPS) is 12.4. The van der Waals surface area contributed by atoms with Gasteiger partial charge in [-0.05, 0) is 59.1 Å². The molecule has 0 bridgehead atoms. The van der Waals surface area contributed by atoms with Crippen molar-refractivity contribution in [3.05, 3.63) is 70.3 Å². The fourth-order valence-electron chi connectivity index (χ4n) is 3.83. The maximum atomic E-state index is 13.4. The molecule has 1 atom stereocenters. The third-order valence-corrected chi connectivity index (χ3v) is 4.96. The Labute approximate surface area is 181 Å². The summed E-state index contributed by atoms with van der Waals surface area (Å²) in [4.78, 5) is 28.2. The summed E-state index contributed by atoms with van der Waals surface area (Å²) in [7, 11) is 0. The first-order chi connectivity index (χ1) is 14.0. The molecule has 0 aliphatic carbocycles. The summed E-state index contributed by atoms with van der Waals surface area (Å²) in [6.07, 6.45) is 0.847. The quantitative estimate of drug-likeness (QED) is 0.710. The zero-order valence-electron chi connectivity index (χ0n) is 19.5. The minimum absolute atomic E-state index is 0.0302. The van der Waals surface area contributed by atoms with Gasteiger partial charge in [-0.25, -0.2) is 0 Å². The highest BCUT2D eigenvalue weighted by molar-refractivity contribution is 5.88. The van der Waals surface area contributed by atoms with E-state index in [0.29, 0.717) is 13.0 Å². The van der Waals surface area contributed by atoms with Crippen LogP contribution in [0.1, 0.15) is 61.9 Å². The molecule has 0 saturated carbocycles. The van der Waals surface area contributed by atoms with E-state index in [1.54, 1.807) is 4.90 Å². The average molecular weight is 409 g/mol. The highest BCUT2D eigenvalue weighted by Gasteiger charge is 2.30. The summed E-state index contributed by atoms with van der Waals surface area (Å²) >= 11 is 0.